The van der Waals surface area contributed by atoms with Gasteiger partial charge in [-0.05, 0) is 73.8 Å². The average molecular weight is 538 g/mol. The molecule has 0 aromatic heterocycles. The topological polar surface area (TPSA) is 0 Å². The molecular weight excluding hydrogens is 512 g/mol. The molecule has 0 radical (unpaired) electrons. The zero-order valence-electron chi connectivity index (χ0n) is 20.3. The lowest BCUT2D eigenvalue weighted by Gasteiger charge is -2.24. The Kier molecular flexibility index (Phi) is 6.54. The maximum atomic E-state index is 3.63. The van der Waals surface area contributed by atoms with Crippen LogP contribution < -0.4 is 0 Å². The zero-order valence-corrected chi connectivity index (χ0v) is 21.9. The molecule has 0 saturated carbocycles. The van der Waals surface area contributed by atoms with Gasteiger partial charge in [0.05, 0.1) is 0 Å². The summed E-state index contributed by atoms with van der Waals surface area (Å²) in [7, 11) is 0. The molecule has 37 heavy (non-hydrogen) atoms. The van der Waals surface area contributed by atoms with Crippen LogP contribution in [0.15, 0.2) is 156 Å². The minimum atomic E-state index is 1.07. The molecule has 1 heteroatoms. The van der Waals surface area contributed by atoms with Crippen LogP contribution in [0, 0.1) is 0 Å². The fourth-order valence-electron chi connectivity index (χ4n) is 5.09. The van der Waals surface area contributed by atoms with Crippen LogP contribution in [-0.2, 0) is 0 Å². The van der Waals surface area contributed by atoms with Crippen molar-refractivity contribution in [2.24, 2.45) is 0 Å². The first-order valence-electron chi connectivity index (χ1n) is 12.5. The third kappa shape index (κ3) is 4.67. The second-order valence-electron chi connectivity index (χ2n) is 9.07. The van der Waals surface area contributed by atoms with E-state index in [-0.39, 0.29) is 0 Å². The van der Waals surface area contributed by atoms with Crippen LogP contribution in [-0.4, -0.2) is 0 Å². The number of halogens is 1. The van der Waals surface area contributed by atoms with Crippen LogP contribution in [0.5, 0.6) is 0 Å². The van der Waals surface area contributed by atoms with Gasteiger partial charge in [-0.25, -0.2) is 0 Å². The molecule has 0 fully saturated rings. The molecule has 0 nitrogen and oxygen atoms in total. The molecule has 0 aliphatic heterocycles. The third-order valence-electron chi connectivity index (χ3n) is 6.75. The maximum Gasteiger partial charge on any atom is 0.0175 e. The zero-order chi connectivity index (χ0) is 25.0. The summed E-state index contributed by atoms with van der Waals surface area (Å²) in [4.78, 5) is 0. The van der Waals surface area contributed by atoms with Gasteiger partial charge in [0, 0.05) is 4.47 Å². The minimum absolute atomic E-state index is 1.07. The van der Waals surface area contributed by atoms with Crippen LogP contribution in [0.4, 0.5) is 0 Å². The van der Waals surface area contributed by atoms with Crippen molar-refractivity contribution in [1.29, 1.82) is 0 Å². The van der Waals surface area contributed by atoms with Gasteiger partial charge in [-0.2, -0.15) is 0 Å². The first kappa shape index (κ1) is 23.2. The van der Waals surface area contributed by atoms with Crippen molar-refractivity contribution >= 4 is 15.9 Å². The Morgan fingerprint density at radius 3 is 1.03 bits per heavy atom. The van der Waals surface area contributed by atoms with Gasteiger partial charge in [-0.3, -0.25) is 0 Å². The quantitative estimate of drug-likeness (QED) is 0.205. The maximum absolute atomic E-state index is 3.63. The highest BCUT2D eigenvalue weighted by molar-refractivity contribution is 9.10. The fraction of sp³-hybridized carbons (Fsp3) is 0. The van der Waals surface area contributed by atoms with Gasteiger partial charge < -0.3 is 0 Å². The molecule has 0 unspecified atom stereocenters. The molecule has 0 atom stereocenters. The molecule has 0 heterocycles. The Labute approximate surface area is 227 Å². The summed E-state index contributed by atoms with van der Waals surface area (Å²) in [6.45, 7) is 0. The third-order valence-corrected chi connectivity index (χ3v) is 7.28. The summed E-state index contributed by atoms with van der Waals surface area (Å²) >= 11 is 3.63. The van der Waals surface area contributed by atoms with Crippen molar-refractivity contribution in [1.82, 2.24) is 0 Å². The normalized spacial score (nSPS) is 10.8. The molecular formula is C36H25Br. The van der Waals surface area contributed by atoms with Gasteiger partial charge in [0.15, 0.2) is 0 Å². The number of hydrogen-bond acceptors (Lipinski definition) is 0. The smallest absolute Gasteiger partial charge is 0.0175 e. The van der Waals surface area contributed by atoms with E-state index >= 15 is 0 Å². The van der Waals surface area contributed by atoms with Crippen molar-refractivity contribution in [3.63, 3.8) is 0 Å². The van der Waals surface area contributed by atoms with Gasteiger partial charge in [0.25, 0.3) is 0 Å². The first-order chi connectivity index (χ1) is 18.3. The summed E-state index contributed by atoms with van der Waals surface area (Å²) in [6.07, 6.45) is 0. The van der Waals surface area contributed by atoms with Crippen LogP contribution in [0.25, 0.3) is 55.6 Å². The van der Waals surface area contributed by atoms with E-state index in [1.54, 1.807) is 0 Å². The van der Waals surface area contributed by atoms with Crippen molar-refractivity contribution in [3.8, 4) is 55.6 Å². The van der Waals surface area contributed by atoms with Gasteiger partial charge >= 0.3 is 0 Å². The Bertz CT molecular complexity index is 1620. The molecule has 0 bridgehead atoms. The van der Waals surface area contributed by atoms with E-state index in [1.807, 2.05) is 0 Å². The standard InChI is InChI=1S/C36H25Br/c37-31-23-21-27(22-24-31)33-25-32(26-13-5-1-6-14-26)34(28-15-7-2-8-16-28)36(30-19-11-4-12-20-30)35(33)29-17-9-3-10-18-29/h1-25H. The molecule has 0 amide bonds. The van der Waals surface area contributed by atoms with E-state index in [0.29, 0.717) is 0 Å². The molecule has 6 aromatic carbocycles. The fourth-order valence-corrected chi connectivity index (χ4v) is 5.35. The Morgan fingerprint density at radius 1 is 0.297 bits per heavy atom. The lowest BCUT2D eigenvalue weighted by atomic mass is 9.79. The Balaban J connectivity index is 1.83. The van der Waals surface area contributed by atoms with Crippen LogP contribution in [0.1, 0.15) is 0 Å². The summed E-state index contributed by atoms with van der Waals surface area (Å²) in [5.74, 6) is 0. The lowest BCUT2D eigenvalue weighted by molar-refractivity contribution is 1.52. The predicted octanol–water partition coefficient (Wildman–Crippen LogP) is 10.8. The molecule has 6 rings (SSSR count). The van der Waals surface area contributed by atoms with Crippen molar-refractivity contribution in [3.05, 3.63) is 156 Å². The molecule has 0 aliphatic carbocycles. The van der Waals surface area contributed by atoms with E-state index in [1.165, 1.54) is 55.6 Å². The second kappa shape index (κ2) is 10.4. The van der Waals surface area contributed by atoms with Gasteiger partial charge in [-0.1, -0.05) is 149 Å². The van der Waals surface area contributed by atoms with E-state index in [9.17, 15) is 0 Å². The van der Waals surface area contributed by atoms with E-state index in [2.05, 4.69) is 168 Å². The monoisotopic (exact) mass is 536 g/mol. The first-order valence-corrected chi connectivity index (χ1v) is 13.3. The molecule has 6 aromatic rings. The summed E-state index contributed by atoms with van der Waals surface area (Å²) in [5.41, 5.74) is 12.2. The molecule has 0 N–H and O–H groups in total. The number of hydrogen-bond donors (Lipinski definition) is 0. The van der Waals surface area contributed by atoms with Gasteiger partial charge in [0.1, 0.15) is 0 Å². The van der Waals surface area contributed by atoms with E-state index in [4.69, 9.17) is 0 Å². The van der Waals surface area contributed by atoms with E-state index < -0.39 is 0 Å². The van der Waals surface area contributed by atoms with Crippen LogP contribution in [0.2, 0.25) is 0 Å². The van der Waals surface area contributed by atoms with Crippen LogP contribution >= 0.6 is 15.9 Å². The number of rotatable bonds is 5. The Hall–Kier alpha value is -4.20. The predicted molar refractivity (Wildman–Crippen MR) is 161 cm³/mol. The van der Waals surface area contributed by atoms with Crippen molar-refractivity contribution in [2.75, 3.05) is 0 Å². The Morgan fingerprint density at radius 2 is 0.622 bits per heavy atom. The summed E-state index contributed by atoms with van der Waals surface area (Å²) in [6, 6.07) is 54.2. The minimum Gasteiger partial charge on any atom is -0.0622 e. The highest BCUT2D eigenvalue weighted by atomic mass is 79.9. The molecule has 0 aliphatic rings. The van der Waals surface area contributed by atoms with Crippen molar-refractivity contribution in [2.45, 2.75) is 0 Å². The average Bonchev–Trinajstić information content (AvgIpc) is 2.98. The highest BCUT2D eigenvalue weighted by Gasteiger charge is 2.23. The van der Waals surface area contributed by atoms with Crippen molar-refractivity contribution < 1.29 is 0 Å². The molecule has 176 valence electrons. The van der Waals surface area contributed by atoms with Gasteiger partial charge in [0.2, 0.25) is 0 Å². The molecule has 0 spiro atoms. The van der Waals surface area contributed by atoms with Gasteiger partial charge in [-0.15, -0.1) is 0 Å². The summed E-state index contributed by atoms with van der Waals surface area (Å²) < 4.78 is 1.07. The highest BCUT2D eigenvalue weighted by Crippen LogP contribution is 2.50. The number of benzene rings is 6. The lowest BCUT2D eigenvalue weighted by Crippen LogP contribution is -1.98. The van der Waals surface area contributed by atoms with Crippen LogP contribution in [0.3, 0.4) is 0 Å². The molecule has 0 saturated heterocycles. The summed E-state index contributed by atoms with van der Waals surface area (Å²) in [5, 5.41) is 0. The second-order valence-corrected chi connectivity index (χ2v) is 9.98. The largest absolute Gasteiger partial charge is 0.0622 e. The van der Waals surface area contributed by atoms with E-state index in [0.717, 1.165) is 4.47 Å². The SMILES string of the molecule is Brc1ccc(-c2cc(-c3ccccc3)c(-c3ccccc3)c(-c3ccccc3)c2-c2ccccc2)cc1.